The molecule has 0 bridgehead atoms. The van der Waals surface area contributed by atoms with E-state index in [1.54, 1.807) is 20.4 Å². The summed E-state index contributed by atoms with van der Waals surface area (Å²) in [4.78, 5) is 34.1. The summed E-state index contributed by atoms with van der Waals surface area (Å²) in [6.45, 7) is 11.9. The summed E-state index contributed by atoms with van der Waals surface area (Å²) in [5, 5.41) is 0.874. The number of carbonyl (C=O) groups is 2. The van der Waals surface area contributed by atoms with E-state index in [4.69, 9.17) is 19.2 Å². The highest BCUT2D eigenvalue weighted by Gasteiger charge is 2.47. The fourth-order valence-electron chi connectivity index (χ4n) is 5.17. The third kappa shape index (κ3) is 5.79. The van der Waals surface area contributed by atoms with Gasteiger partial charge in [-0.1, -0.05) is 44.2 Å². The van der Waals surface area contributed by atoms with Crippen molar-refractivity contribution in [1.82, 2.24) is 9.47 Å². The van der Waals surface area contributed by atoms with Crippen LogP contribution in [-0.4, -0.2) is 58.8 Å². The van der Waals surface area contributed by atoms with Crippen molar-refractivity contribution < 1.29 is 23.8 Å². The Balaban J connectivity index is 1.75. The Labute approximate surface area is 230 Å². The number of hydrogen-bond acceptors (Lipinski definition) is 6. The van der Waals surface area contributed by atoms with Gasteiger partial charge in [-0.2, -0.15) is 0 Å². The third-order valence-corrected chi connectivity index (χ3v) is 6.94. The van der Waals surface area contributed by atoms with Crippen molar-refractivity contribution in [2.45, 2.75) is 71.7 Å². The summed E-state index contributed by atoms with van der Waals surface area (Å²) in [6.07, 6.45) is 1.59. The molecule has 0 saturated carbocycles. The summed E-state index contributed by atoms with van der Waals surface area (Å²) in [5.41, 5.74) is 0.764. The van der Waals surface area contributed by atoms with Crippen LogP contribution in [-0.2, 0) is 27.2 Å². The molecule has 0 saturated heterocycles. The van der Waals surface area contributed by atoms with Gasteiger partial charge in [0, 0.05) is 24.5 Å². The van der Waals surface area contributed by atoms with Crippen LogP contribution in [0.3, 0.4) is 0 Å². The number of aromatic nitrogens is 1. The molecule has 1 aromatic heterocycles. The van der Waals surface area contributed by atoms with Crippen LogP contribution in [0.25, 0.3) is 10.9 Å². The molecule has 8 nitrogen and oxygen atoms in total. The second-order valence-corrected chi connectivity index (χ2v) is 11.6. The highest BCUT2D eigenvalue weighted by atomic mass is 16.6. The topological polar surface area (TPSA) is 82.4 Å². The number of para-hydroxylation sites is 1. The van der Waals surface area contributed by atoms with Gasteiger partial charge >= 0.3 is 6.09 Å². The summed E-state index contributed by atoms with van der Waals surface area (Å²) >= 11 is 0. The maximum atomic E-state index is 14.3. The number of fused-ring (bicyclic) bond motifs is 1. The molecule has 208 valence electrons. The Morgan fingerprint density at radius 2 is 1.72 bits per heavy atom. The molecule has 0 N–H and O–H groups in total. The quantitative estimate of drug-likeness (QED) is 0.397. The Morgan fingerprint density at radius 1 is 1.05 bits per heavy atom. The van der Waals surface area contributed by atoms with E-state index in [0.29, 0.717) is 18.9 Å². The minimum Gasteiger partial charge on any atom is -0.497 e. The van der Waals surface area contributed by atoms with Gasteiger partial charge in [0.05, 0.1) is 19.7 Å². The fraction of sp³-hybridized carbons (Fsp3) is 0.452. The molecule has 0 unspecified atom stereocenters. The number of carbonyl (C=O) groups excluding carboxylic acids is 2. The molecule has 0 radical (unpaired) electrons. The predicted molar refractivity (Wildman–Crippen MR) is 152 cm³/mol. The highest BCUT2D eigenvalue weighted by Crippen LogP contribution is 2.34. The zero-order valence-corrected chi connectivity index (χ0v) is 24.1. The SMILES string of the molecule is COC1=N[C@@](C)(Cc2cn(C(=O)OC(C)(C)C)c3ccccc23)C(=O)N(Cc2ccc(OC)cc2)[C@H]1C(C)C. The first-order valence-electron chi connectivity index (χ1n) is 13.3. The zero-order chi connectivity index (χ0) is 28.5. The van der Waals surface area contributed by atoms with Crippen LogP contribution >= 0.6 is 0 Å². The molecule has 2 aromatic carbocycles. The molecule has 4 rings (SSSR count). The molecule has 2 heterocycles. The molecule has 1 amide bonds. The Morgan fingerprint density at radius 3 is 2.31 bits per heavy atom. The first-order chi connectivity index (χ1) is 18.4. The van der Waals surface area contributed by atoms with Crippen LogP contribution in [0.15, 0.2) is 59.7 Å². The normalized spacial score (nSPS) is 19.8. The smallest absolute Gasteiger partial charge is 0.419 e. The number of aliphatic imine (C=N–C) groups is 1. The number of amides is 1. The van der Waals surface area contributed by atoms with Gasteiger partial charge in [0.25, 0.3) is 5.91 Å². The summed E-state index contributed by atoms with van der Waals surface area (Å²) in [7, 11) is 3.23. The maximum Gasteiger partial charge on any atom is 0.419 e. The molecule has 1 aliphatic heterocycles. The standard InChI is InChI=1S/C31H39N3O5/c1-20(2)26-27(38-8)32-31(6,28(35)34(26)18-21-13-15-23(37-7)16-14-21)17-22-19-33(29(36)39-30(3,4)5)25-12-10-9-11-24(22)25/h9-16,19-20,26H,17-18H2,1-8H3/t26-,31-/m0/s1. The van der Waals surface area contributed by atoms with E-state index in [9.17, 15) is 9.59 Å². The van der Waals surface area contributed by atoms with E-state index in [0.717, 1.165) is 27.8 Å². The average Bonchev–Trinajstić information content (AvgIpc) is 3.24. The first-order valence-corrected chi connectivity index (χ1v) is 13.3. The number of ether oxygens (including phenoxy) is 3. The van der Waals surface area contributed by atoms with Crippen LogP contribution in [0.5, 0.6) is 5.75 Å². The Bertz CT molecular complexity index is 1380. The minimum atomic E-state index is -1.13. The Kier molecular flexibility index (Phi) is 7.77. The van der Waals surface area contributed by atoms with E-state index >= 15 is 0 Å². The Hall–Kier alpha value is -3.81. The number of benzene rings is 2. The second kappa shape index (κ2) is 10.8. The van der Waals surface area contributed by atoms with E-state index in [1.165, 1.54) is 4.57 Å². The molecule has 39 heavy (non-hydrogen) atoms. The molecule has 8 heteroatoms. The van der Waals surface area contributed by atoms with Crippen molar-refractivity contribution in [3.63, 3.8) is 0 Å². The van der Waals surface area contributed by atoms with Gasteiger partial charge in [-0.3, -0.25) is 9.36 Å². The lowest BCUT2D eigenvalue weighted by atomic mass is 9.87. The van der Waals surface area contributed by atoms with Crippen molar-refractivity contribution in [1.29, 1.82) is 0 Å². The first kappa shape index (κ1) is 28.2. The molecular formula is C31H39N3O5. The summed E-state index contributed by atoms with van der Waals surface area (Å²) < 4.78 is 18.3. The monoisotopic (exact) mass is 533 g/mol. The molecular weight excluding hydrogens is 494 g/mol. The van der Waals surface area contributed by atoms with E-state index in [-0.39, 0.29) is 17.9 Å². The van der Waals surface area contributed by atoms with E-state index in [2.05, 4.69) is 13.8 Å². The van der Waals surface area contributed by atoms with Crippen LogP contribution in [0.1, 0.15) is 52.7 Å². The second-order valence-electron chi connectivity index (χ2n) is 11.6. The van der Waals surface area contributed by atoms with Gasteiger partial charge in [-0.15, -0.1) is 0 Å². The lowest BCUT2D eigenvalue weighted by molar-refractivity contribution is -0.140. The summed E-state index contributed by atoms with van der Waals surface area (Å²) in [5.74, 6) is 1.28. The summed E-state index contributed by atoms with van der Waals surface area (Å²) in [6, 6.07) is 15.0. The zero-order valence-electron chi connectivity index (χ0n) is 24.1. The number of nitrogens with zero attached hydrogens (tertiary/aromatic N) is 3. The van der Waals surface area contributed by atoms with Crippen LogP contribution < -0.4 is 4.74 Å². The van der Waals surface area contributed by atoms with Crippen LogP contribution in [0.4, 0.5) is 4.79 Å². The van der Waals surface area contributed by atoms with Crippen molar-refractivity contribution in [2.75, 3.05) is 14.2 Å². The van der Waals surface area contributed by atoms with Crippen molar-refractivity contribution in [3.05, 3.63) is 65.9 Å². The van der Waals surface area contributed by atoms with Gasteiger partial charge in [-0.25, -0.2) is 9.79 Å². The highest BCUT2D eigenvalue weighted by molar-refractivity contribution is 5.99. The van der Waals surface area contributed by atoms with Gasteiger partial charge < -0.3 is 19.1 Å². The molecule has 1 aliphatic rings. The van der Waals surface area contributed by atoms with E-state index < -0.39 is 17.2 Å². The average molecular weight is 534 g/mol. The lowest BCUT2D eigenvalue weighted by Crippen LogP contribution is -2.60. The third-order valence-electron chi connectivity index (χ3n) is 6.94. The fourth-order valence-corrected chi connectivity index (χ4v) is 5.17. The van der Waals surface area contributed by atoms with Gasteiger partial charge in [-0.05, 0) is 62.9 Å². The molecule has 2 atom stereocenters. The van der Waals surface area contributed by atoms with Gasteiger partial charge in [0.2, 0.25) is 5.90 Å². The predicted octanol–water partition coefficient (Wildman–Crippen LogP) is 5.85. The molecule has 0 fully saturated rings. The van der Waals surface area contributed by atoms with Crippen molar-refractivity contribution in [3.8, 4) is 5.75 Å². The van der Waals surface area contributed by atoms with Crippen molar-refractivity contribution in [2.24, 2.45) is 10.9 Å². The minimum absolute atomic E-state index is 0.0875. The number of rotatable bonds is 6. The molecule has 3 aromatic rings. The maximum absolute atomic E-state index is 14.3. The molecule has 0 aliphatic carbocycles. The largest absolute Gasteiger partial charge is 0.497 e. The van der Waals surface area contributed by atoms with Crippen LogP contribution in [0.2, 0.25) is 0 Å². The molecule has 0 spiro atoms. The number of hydrogen-bond donors (Lipinski definition) is 0. The van der Waals surface area contributed by atoms with Gasteiger partial charge in [0.15, 0.2) is 0 Å². The van der Waals surface area contributed by atoms with E-state index in [1.807, 2.05) is 81.1 Å². The number of methoxy groups -OCH3 is 2. The lowest BCUT2D eigenvalue weighted by Gasteiger charge is -2.43. The van der Waals surface area contributed by atoms with Crippen LogP contribution in [0, 0.1) is 5.92 Å². The van der Waals surface area contributed by atoms with Gasteiger partial charge in [0.1, 0.15) is 22.9 Å². The van der Waals surface area contributed by atoms with Crippen molar-refractivity contribution >= 4 is 28.8 Å².